The predicted molar refractivity (Wildman–Crippen MR) is 85.7 cm³/mol. The number of aromatic nitrogens is 2. The third-order valence-corrected chi connectivity index (χ3v) is 5.76. The number of hydrogen-bond acceptors (Lipinski definition) is 7. The molecule has 2 rings (SSSR count). The first-order valence-corrected chi connectivity index (χ1v) is 9.05. The summed E-state index contributed by atoms with van der Waals surface area (Å²) in [4.78, 5) is 11.9. The van der Waals surface area contributed by atoms with E-state index >= 15 is 0 Å². The summed E-state index contributed by atoms with van der Waals surface area (Å²) < 4.78 is 34.5. The molecule has 0 aliphatic rings. The molecule has 1 aromatic heterocycles. The Morgan fingerprint density at radius 3 is 2.57 bits per heavy atom. The number of carbonyl (C=O) groups is 1. The fourth-order valence-electron chi connectivity index (χ4n) is 1.63. The smallest absolute Gasteiger partial charge is 0.321 e. The summed E-state index contributed by atoms with van der Waals surface area (Å²) in [6.45, 7) is 1.30. The molecule has 0 saturated carbocycles. The van der Waals surface area contributed by atoms with E-state index in [1.807, 2.05) is 6.92 Å². The third-order valence-electron chi connectivity index (χ3n) is 2.96. The van der Waals surface area contributed by atoms with Crippen LogP contribution in [0.4, 0.5) is 0 Å². The molecule has 0 saturated heterocycles. The van der Waals surface area contributed by atoms with Gasteiger partial charge in [0.15, 0.2) is 0 Å². The second kappa shape index (κ2) is 7.35. The SMILES string of the molecule is Cc1ccc(S(=O)(=O)N(C)CC(=O)OCc2nnsc2Cl)cc1. The molecule has 2 aromatic rings. The van der Waals surface area contributed by atoms with Crippen LogP contribution < -0.4 is 0 Å². The molecule has 0 fully saturated rings. The number of sulfonamides is 1. The number of likely N-dealkylation sites (N-methyl/N-ethyl adjacent to an activating group) is 1. The number of rotatable bonds is 6. The van der Waals surface area contributed by atoms with E-state index in [1.54, 1.807) is 12.1 Å². The van der Waals surface area contributed by atoms with Gasteiger partial charge in [0.25, 0.3) is 0 Å². The minimum Gasteiger partial charge on any atom is -0.458 e. The van der Waals surface area contributed by atoms with Crippen molar-refractivity contribution >= 4 is 39.1 Å². The van der Waals surface area contributed by atoms with Crippen LogP contribution in [-0.4, -0.2) is 41.9 Å². The molecule has 0 atom stereocenters. The van der Waals surface area contributed by atoms with Crippen molar-refractivity contribution < 1.29 is 17.9 Å². The number of aryl methyl sites for hydroxylation is 1. The average molecular weight is 376 g/mol. The highest BCUT2D eigenvalue weighted by Crippen LogP contribution is 2.18. The minimum absolute atomic E-state index is 0.116. The molecule has 7 nitrogen and oxygen atoms in total. The molecule has 0 spiro atoms. The molecule has 0 unspecified atom stereocenters. The fourth-order valence-corrected chi connectivity index (χ4v) is 3.35. The second-order valence-electron chi connectivity index (χ2n) is 4.73. The minimum atomic E-state index is -3.75. The van der Waals surface area contributed by atoms with E-state index in [1.165, 1.54) is 19.2 Å². The number of carbonyl (C=O) groups excluding carboxylic acids is 1. The monoisotopic (exact) mass is 375 g/mol. The van der Waals surface area contributed by atoms with Gasteiger partial charge in [-0.05, 0) is 19.1 Å². The zero-order chi connectivity index (χ0) is 17.0. The van der Waals surface area contributed by atoms with Crippen molar-refractivity contribution in [1.82, 2.24) is 13.9 Å². The average Bonchev–Trinajstić information content (AvgIpc) is 2.91. The van der Waals surface area contributed by atoms with Gasteiger partial charge in [-0.15, -0.1) is 5.10 Å². The van der Waals surface area contributed by atoms with Crippen LogP contribution in [0.25, 0.3) is 0 Å². The maximum absolute atomic E-state index is 12.3. The summed E-state index contributed by atoms with van der Waals surface area (Å²) >= 11 is 6.77. The van der Waals surface area contributed by atoms with E-state index in [2.05, 4.69) is 9.59 Å². The van der Waals surface area contributed by atoms with Crippen LogP contribution in [0.3, 0.4) is 0 Å². The first-order chi connectivity index (χ1) is 10.8. The van der Waals surface area contributed by atoms with Gasteiger partial charge >= 0.3 is 5.97 Å². The summed E-state index contributed by atoms with van der Waals surface area (Å²) in [5.41, 5.74) is 1.29. The third kappa shape index (κ3) is 4.47. The number of ether oxygens (including phenoxy) is 1. The Morgan fingerprint density at radius 2 is 2.00 bits per heavy atom. The molecule has 0 amide bonds. The molecular weight excluding hydrogens is 362 g/mol. The van der Waals surface area contributed by atoms with E-state index in [-0.39, 0.29) is 11.5 Å². The van der Waals surface area contributed by atoms with Crippen molar-refractivity contribution in [3.8, 4) is 0 Å². The van der Waals surface area contributed by atoms with Crippen molar-refractivity contribution in [2.24, 2.45) is 0 Å². The molecule has 23 heavy (non-hydrogen) atoms. The van der Waals surface area contributed by atoms with Gasteiger partial charge in [-0.1, -0.05) is 33.8 Å². The van der Waals surface area contributed by atoms with Gasteiger partial charge in [-0.2, -0.15) is 4.31 Å². The van der Waals surface area contributed by atoms with Gasteiger partial charge < -0.3 is 4.74 Å². The lowest BCUT2D eigenvalue weighted by Crippen LogP contribution is -2.33. The number of halogens is 1. The molecule has 10 heteroatoms. The quantitative estimate of drug-likeness (QED) is 0.716. The predicted octanol–water partition coefficient (Wildman–Crippen LogP) is 1.86. The lowest BCUT2D eigenvalue weighted by atomic mass is 10.2. The lowest BCUT2D eigenvalue weighted by molar-refractivity contribution is -0.145. The summed E-state index contributed by atoms with van der Waals surface area (Å²) in [6.07, 6.45) is 0. The van der Waals surface area contributed by atoms with Gasteiger partial charge in [0.05, 0.1) is 4.90 Å². The standard InChI is InChI=1S/C13H14ClN3O4S2/c1-9-3-5-10(6-4-9)23(19,20)17(2)7-12(18)21-8-11-13(14)22-16-15-11/h3-6H,7-8H2,1-2H3. The van der Waals surface area contributed by atoms with Crippen LogP contribution in [0.1, 0.15) is 11.3 Å². The summed E-state index contributed by atoms with van der Waals surface area (Å²) in [7, 11) is -2.44. The van der Waals surface area contributed by atoms with Crippen LogP contribution in [0, 0.1) is 6.92 Å². The van der Waals surface area contributed by atoms with E-state index in [9.17, 15) is 13.2 Å². The van der Waals surface area contributed by atoms with Crippen molar-refractivity contribution in [1.29, 1.82) is 0 Å². The second-order valence-corrected chi connectivity index (χ2v) is 8.13. The number of hydrogen-bond donors (Lipinski definition) is 0. The van der Waals surface area contributed by atoms with Crippen molar-refractivity contribution in [2.75, 3.05) is 13.6 Å². The molecule has 0 aliphatic carbocycles. The largest absolute Gasteiger partial charge is 0.458 e. The fraction of sp³-hybridized carbons (Fsp3) is 0.308. The highest BCUT2D eigenvalue weighted by molar-refractivity contribution is 7.89. The first kappa shape index (κ1) is 17.8. The Kier molecular flexibility index (Phi) is 5.69. The number of nitrogens with zero attached hydrogens (tertiary/aromatic N) is 3. The Balaban J connectivity index is 1.97. The van der Waals surface area contributed by atoms with Crippen molar-refractivity contribution in [2.45, 2.75) is 18.4 Å². The molecule has 1 aromatic carbocycles. The van der Waals surface area contributed by atoms with Crippen molar-refractivity contribution in [3.63, 3.8) is 0 Å². The zero-order valence-electron chi connectivity index (χ0n) is 12.4. The van der Waals surface area contributed by atoms with Crippen LogP contribution in [0.15, 0.2) is 29.2 Å². The lowest BCUT2D eigenvalue weighted by Gasteiger charge is -2.16. The van der Waals surface area contributed by atoms with E-state index in [0.717, 1.165) is 21.4 Å². The van der Waals surface area contributed by atoms with Crippen molar-refractivity contribution in [3.05, 3.63) is 39.9 Å². The zero-order valence-corrected chi connectivity index (χ0v) is 14.8. The van der Waals surface area contributed by atoms with Gasteiger partial charge in [0.2, 0.25) is 10.0 Å². The Hall–Kier alpha value is -1.55. The summed E-state index contributed by atoms with van der Waals surface area (Å²) in [6, 6.07) is 6.37. The molecule has 0 aliphatic heterocycles. The van der Waals surface area contributed by atoms with E-state index in [4.69, 9.17) is 16.3 Å². The molecule has 1 heterocycles. The Bertz CT molecular complexity index is 790. The van der Waals surface area contributed by atoms with E-state index < -0.39 is 22.5 Å². The topological polar surface area (TPSA) is 89.5 Å². The van der Waals surface area contributed by atoms with E-state index in [0.29, 0.717) is 10.0 Å². The summed E-state index contributed by atoms with van der Waals surface area (Å²) in [5, 5.41) is 3.70. The molecule has 0 bridgehead atoms. The van der Waals surface area contributed by atoms with Crippen LogP contribution >= 0.6 is 23.1 Å². The Morgan fingerprint density at radius 1 is 1.35 bits per heavy atom. The highest BCUT2D eigenvalue weighted by atomic mass is 35.5. The highest BCUT2D eigenvalue weighted by Gasteiger charge is 2.23. The molecule has 124 valence electrons. The number of esters is 1. The van der Waals surface area contributed by atoms with Gasteiger partial charge in [-0.25, -0.2) is 8.42 Å². The Labute approximate surface area is 143 Å². The maximum Gasteiger partial charge on any atom is 0.321 e. The normalized spacial score (nSPS) is 11.7. The van der Waals surface area contributed by atoms with Gasteiger partial charge in [-0.3, -0.25) is 4.79 Å². The summed E-state index contributed by atoms with van der Waals surface area (Å²) in [5.74, 6) is -0.702. The molecule has 0 N–H and O–H groups in total. The first-order valence-electron chi connectivity index (χ1n) is 6.46. The van der Waals surface area contributed by atoms with Crippen LogP contribution in [0.5, 0.6) is 0 Å². The van der Waals surface area contributed by atoms with Gasteiger partial charge in [0, 0.05) is 18.6 Å². The van der Waals surface area contributed by atoms with Crippen LogP contribution in [-0.2, 0) is 26.2 Å². The van der Waals surface area contributed by atoms with Crippen LogP contribution in [0.2, 0.25) is 4.34 Å². The molecular formula is C13H14ClN3O4S2. The maximum atomic E-state index is 12.3. The molecule has 0 radical (unpaired) electrons. The van der Waals surface area contributed by atoms with Gasteiger partial charge in [0.1, 0.15) is 23.2 Å². The number of benzene rings is 1.